The van der Waals surface area contributed by atoms with Crippen molar-refractivity contribution in [1.82, 2.24) is 19.6 Å². The van der Waals surface area contributed by atoms with Crippen LogP contribution in [-0.4, -0.2) is 62.9 Å². The smallest absolute Gasteiger partial charge is 0.416 e. The number of aromatic nitrogens is 2. The molecule has 178 valence electrons. The largest absolute Gasteiger partial charge is 0.476 e. The number of amides is 1. The highest BCUT2D eigenvalue weighted by atomic mass is 35.5. The van der Waals surface area contributed by atoms with E-state index in [1.807, 2.05) is 4.90 Å². The molecule has 0 unspecified atom stereocenters. The molecule has 0 atom stereocenters. The number of aromatic carboxylic acids is 1. The Balaban J connectivity index is 1.33. The maximum atomic E-state index is 13.4. The van der Waals surface area contributed by atoms with E-state index < -0.39 is 17.7 Å². The van der Waals surface area contributed by atoms with Crippen molar-refractivity contribution in [1.29, 1.82) is 0 Å². The Bertz CT molecular complexity index is 1040. The SMILES string of the molecule is O=C(O)c1ccn(C(=O)N2CCC3(CCN(Cc4cc(Cl)ccc4C(F)(F)F)CC3)CC2)n1. The summed E-state index contributed by atoms with van der Waals surface area (Å²) in [6.07, 6.45) is 0.217. The van der Waals surface area contributed by atoms with Crippen LogP contribution in [-0.2, 0) is 12.7 Å². The summed E-state index contributed by atoms with van der Waals surface area (Å²) < 4.78 is 41.1. The summed E-state index contributed by atoms with van der Waals surface area (Å²) in [6.45, 7) is 2.63. The van der Waals surface area contributed by atoms with E-state index in [-0.39, 0.29) is 34.3 Å². The molecule has 0 radical (unpaired) electrons. The third-order valence-corrected chi connectivity index (χ3v) is 7.02. The molecule has 1 aromatic carbocycles. The van der Waals surface area contributed by atoms with Gasteiger partial charge >= 0.3 is 18.2 Å². The van der Waals surface area contributed by atoms with Crippen LogP contribution in [0, 0.1) is 5.41 Å². The van der Waals surface area contributed by atoms with Crippen LogP contribution in [0.2, 0.25) is 5.02 Å². The Morgan fingerprint density at radius 3 is 2.27 bits per heavy atom. The average Bonchev–Trinajstić information content (AvgIpc) is 3.26. The molecular formula is C22H24ClF3N4O3. The van der Waals surface area contributed by atoms with Crippen LogP contribution in [0.25, 0.3) is 0 Å². The number of hydrogen-bond acceptors (Lipinski definition) is 4. The normalized spacial score (nSPS) is 19.1. The van der Waals surface area contributed by atoms with E-state index in [0.29, 0.717) is 26.2 Å². The second-order valence-electron chi connectivity index (χ2n) is 8.80. The first kappa shape index (κ1) is 23.6. The van der Waals surface area contributed by atoms with Crippen LogP contribution in [0.1, 0.15) is 47.3 Å². The number of likely N-dealkylation sites (tertiary alicyclic amines) is 2. The second-order valence-corrected chi connectivity index (χ2v) is 9.23. The summed E-state index contributed by atoms with van der Waals surface area (Å²) in [5.74, 6) is -1.19. The lowest BCUT2D eigenvalue weighted by Gasteiger charge is -2.46. The zero-order chi connectivity index (χ0) is 23.8. The topological polar surface area (TPSA) is 78.7 Å². The van der Waals surface area contributed by atoms with Gasteiger partial charge in [0.15, 0.2) is 5.69 Å². The number of alkyl halides is 3. The number of carboxylic acids is 1. The molecule has 1 spiro atoms. The van der Waals surface area contributed by atoms with Gasteiger partial charge in [0.2, 0.25) is 0 Å². The molecule has 2 aliphatic heterocycles. The highest BCUT2D eigenvalue weighted by Gasteiger charge is 2.40. The fourth-order valence-electron chi connectivity index (χ4n) is 4.76. The minimum atomic E-state index is -4.42. The van der Waals surface area contributed by atoms with Crippen molar-refractivity contribution in [2.45, 2.75) is 38.4 Å². The summed E-state index contributed by atoms with van der Waals surface area (Å²) in [4.78, 5) is 27.3. The molecule has 11 heteroatoms. The molecule has 0 aliphatic carbocycles. The Hall–Kier alpha value is -2.59. The second kappa shape index (κ2) is 8.98. The standard InChI is InChI=1S/C22H24ClF3N4O3/c23-16-1-2-17(22(24,25)26)15(13-16)14-28-9-4-21(5-10-28)6-11-29(12-7-21)20(33)30-8-3-18(27-30)19(31)32/h1-3,8,13H,4-7,9-12,14H2,(H,31,32). The predicted octanol–water partition coefficient (Wildman–Crippen LogP) is 4.60. The Morgan fingerprint density at radius 2 is 1.70 bits per heavy atom. The van der Waals surface area contributed by atoms with Crippen LogP contribution in [0.5, 0.6) is 0 Å². The van der Waals surface area contributed by atoms with Gasteiger partial charge in [-0.2, -0.15) is 23.0 Å². The van der Waals surface area contributed by atoms with E-state index in [2.05, 4.69) is 5.10 Å². The first-order chi connectivity index (χ1) is 15.6. The van der Waals surface area contributed by atoms with Crippen molar-refractivity contribution >= 4 is 23.6 Å². The Morgan fingerprint density at radius 1 is 1.06 bits per heavy atom. The van der Waals surface area contributed by atoms with Crippen molar-refractivity contribution in [2.24, 2.45) is 5.41 Å². The highest BCUT2D eigenvalue weighted by Crippen LogP contribution is 2.42. The molecule has 2 fully saturated rings. The van der Waals surface area contributed by atoms with Gasteiger partial charge in [0.25, 0.3) is 0 Å². The van der Waals surface area contributed by atoms with Gasteiger partial charge in [0.1, 0.15) is 0 Å². The van der Waals surface area contributed by atoms with E-state index in [1.165, 1.54) is 24.4 Å². The summed E-state index contributed by atoms with van der Waals surface area (Å²) in [6, 6.07) is 4.62. The van der Waals surface area contributed by atoms with E-state index in [9.17, 15) is 22.8 Å². The Labute approximate surface area is 193 Å². The molecular weight excluding hydrogens is 461 g/mol. The van der Waals surface area contributed by atoms with Crippen LogP contribution in [0.15, 0.2) is 30.5 Å². The molecule has 33 heavy (non-hydrogen) atoms. The lowest BCUT2D eigenvalue weighted by atomic mass is 9.71. The van der Waals surface area contributed by atoms with Crippen molar-refractivity contribution in [3.05, 3.63) is 52.3 Å². The van der Waals surface area contributed by atoms with Gasteiger partial charge in [-0.15, -0.1) is 0 Å². The lowest BCUT2D eigenvalue weighted by Crippen LogP contribution is -2.49. The minimum absolute atomic E-state index is 0.0603. The van der Waals surface area contributed by atoms with Gasteiger partial charge in [-0.1, -0.05) is 11.6 Å². The monoisotopic (exact) mass is 484 g/mol. The van der Waals surface area contributed by atoms with E-state index >= 15 is 0 Å². The predicted molar refractivity (Wildman–Crippen MR) is 114 cm³/mol. The zero-order valence-electron chi connectivity index (χ0n) is 17.8. The fourth-order valence-corrected chi connectivity index (χ4v) is 4.95. The van der Waals surface area contributed by atoms with Crippen LogP contribution in [0.4, 0.5) is 18.0 Å². The molecule has 7 nitrogen and oxygen atoms in total. The molecule has 2 aromatic rings. The molecule has 3 heterocycles. The minimum Gasteiger partial charge on any atom is -0.476 e. The first-order valence-corrected chi connectivity index (χ1v) is 11.1. The number of halogens is 4. The van der Waals surface area contributed by atoms with Gasteiger partial charge < -0.3 is 10.0 Å². The van der Waals surface area contributed by atoms with Crippen molar-refractivity contribution in [3.63, 3.8) is 0 Å². The highest BCUT2D eigenvalue weighted by molar-refractivity contribution is 6.30. The molecule has 0 bridgehead atoms. The number of hydrogen-bond donors (Lipinski definition) is 1. The van der Waals surface area contributed by atoms with Crippen LogP contribution in [0.3, 0.4) is 0 Å². The summed E-state index contributed by atoms with van der Waals surface area (Å²) >= 11 is 5.95. The molecule has 2 saturated heterocycles. The van der Waals surface area contributed by atoms with Gasteiger partial charge in [-0.25, -0.2) is 9.59 Å². The lowest BCUT2D eigenvalue weighted by molar-refractivity contribution is -0.138. The third-order valence-electron chi connectivity index (χ3n) is 6.78. The van der Waals surface area contributed by atoms with E-state index in [4.69, 9.17) is 16.7 Å². The maximum Gasteiger partial charge on any atom is 0.416 e. The molecule has 1 aromatic heterocycles. The number of rotatable bonds is 3. The number of benzene rings is 1. The molecule has 1 amide bonds. The van der Waals surface area contributed by atoms with Gasteiger partial charge in [-0.05, 0) is 74.0 Å². The number of carboxylic acid groups (broad SMARTS) is 1. The number of carbonyl (C=O) groups excluding carboxylic acids is 1. The number of carbonyl (C=O) groups is 2. The van der Waals surface area contributed by atoms with E-state index in [1.54, 1.807) is 4.90 Å². The van der Waals surface area contributed by atoms with Crippen molar-refractivity contribution in [3.8, 4) is 0 Å². The Kier molecular flexibility index (Phi) is 6.41. The zero-order valence-corrected chi connectivity index (χ0v) is 18.6. The third kappa shape index (κ3) is 5.16. The average molecular weight is 485 g/mol. The van der Waals surface area contributed by atoms with Gasteiger partial charge in [0, 0.05) is 30.9 Å². The summed E-state index contributed by atoms with van der Waals surface area (Å²) in [5.41, 5.74) is -0.585. The molecule has 1 N–H and O–H groups in total. The van der Waals surface area contributed by atoms with Crippen molar-refractivity contribution < 1.29 is 27.9 Å². The summed E-state index contributed by atoms with van der Waals surface area (Å²) in [5, 5.41) is 13.1. The number of piperidine rings is 2. The fraction of sp³-hybridized carbons (Fsp3) is 0.500. The van der Waals surface area contributed by atoms with Crippen molar-refractivity contribution in [2.75, 3.05) is 26.2 Å². The molecule has 4 rings (SSSR count). The quantitative estimate of drug-likeness (QED) is 0.689. The van der Waals surface area contributed by atoms with Crippen LogP contribution < -0.4 is 0 Å². The van der Waals surface area contributed by atoms with Gasteiger partial charge in [-0.3, -0.25) is 4.90 Å². The molecule has 2 aliphatic rings. The summed E-state index contributed by atoms with van der Waals surface area (Å²) in [7, 11) is 0. The molecule has 0 saturated carbocycles. The maximum absolute atomic E-state index is 13.4. The number of nitrogens with zero attached hydrogens (tertiary/aromatic N) is 4. The first-order valence-electron chi connectivity index (χ1n) is 10.7. The van der Waals surface area contributed by atoms with Gasteiger partial charge in [0.05, 0.1) is 5.56 Å². The van der Waals surface area contributed by atoms with Crippen LogP contribution >= 0.6 is 11.6 Å². The van der Waals surface area contributed by atoms with E-state index in [0.717, 1.165) is 36.4 Å².